The Hall–Kier alpha value is -3.18. The zero-order valence-electron chi connectivity index (χ0n) is 13.9. The summed E-state index contributed by atoms with van der Waals surface area (Å²) >= 11 is 0. The summed E-state index contributed by atoms with van der Waals surface area (Å²) in [4.78, 5) is 38.1. The molecular weight excluding hydrogens is 363 g/mol. The van der Waals surface area contributed by atoms with Crippen LogP contribution in [0.4, 0.5) is 15.9 Å². The highest BCUT2D eigenvalue weighted by Crippen LogP contribution is 2.27. The number of carbonyl (C=O) groups excluding carboxylic acids is 1. The normalized spacial score (nSPS) is 19.0. The molecular formula is C16H15FN4O6. The second-order valence-corrected chi connectivity index (χ2v) is 5.83. The minimum Gasteiger partial charge on any atom is -0.394 e. The smallest absolute Gasteiger partial charge is 0.351 e. The third-order valence-electron chi connectivity index (χ3n) is 4.08. The number of anilines is 1. The topological polar surface area (TPSA) is 137 Å². The predicted octanol–water partition coefficient (Wildman–Crippen LogP) is 1.21. The minimum absolute atomic E-state index is 0.217. The number of para-hydroxylation sites is 1. The fraction of sp³-hybridized carbons (Fsp3) is 0.312. The number of hydrogen-bond acceptors (Lipinski definition) is 7. The summed E-state index contributed by atoms with van der Waals surface area (Å²) in [5.41, 5.74) is -1.62. The first kappa shape index (κ1) is 18.6. The van der Waals surface area contributed by atoms with E-state index in [-0.39, 0.29) is 12.2 Å². The fourth-order valence-electron chi connectivity index (χ4n) is 2.76. The van der Waals surface area contributed by atoms with Crippen LogP contribution in [-0.4, -0.2) is 38.2 Å². The van der Waals surface area contributed by atoms with Crippen molar-refractivity contribution in [1.82, 2.24) is 9.55 Å². The van der Waals surface area contributed by atoms with E-state index < -0.39 is 46.2 Å². The van der Waals surface area contributed by atoms with Crippen LogP contribution in [0.3, 0.4) is 0 Å². The van der Waals surface area contributed by atoms with Crippen LogP contribution in [-0.2, 0) is 4.74 Å². The van der Waals surface area contributed by atoms with E-state index in [0.29, 0.717) is 12.8 Å². The summed E-state index contributed by atoms with van der Waals surface area (Å²) in [7, 11) is 0. The number of hydrogen-bond donors (Lipinski definition) is 2. The van der Waals surface area contributed by atoms with Gasteiger partial charge in [-0.05, 0) is 18.9 Å². The summed E-state index contributed by atoms with van der Waals surface area (Å²) in [6.07, 6.45) is 0.536. The van der Waals surface area contributed by atoms with Crippen LogP contribution in [0, 0.1) is 15.9 Å². The maximum Gasteiger partial charge on any atom is 0.351 e. The molecule has 2 atom stereocenters. The number of aliphatic hydroxyl groups is 1. The van der Waals surface area contributed by atoms with Gasteiger partial charge in [0.15, 0.2) is 11.6 Å². The molecule has 2 heterocycles. The highest BCUT2D eigenvalue weighted by Gasteiger charge is 2.28. The molecule has 0 radical (unpaired) electrons. The molecule has 0 saturated carbocycles. The minimum atomic E-state index is -1.00. The van der Waals surface area contributed by atoms with Crippen molar-refractivity contribution in [3.63, 3.8) is 0 Å². The third-order valence-corrected chi connectivity index (χ3v) is 4.08. The molecule has 0 bridgehead atoms. The van der Waals surface area contributed by atoms with Crippen molar-refractivity contribution < 1.29 is 24.0 Å². The van der Waals surface area contributed by atoms with Crippen LogP contribution in [0.25, 0.3) is 0 Å². The number of nitrogens with zero attached hydrogens (tertiary/aromatic N) is 3. The molecule has 0 unspecified atom stereocenters. The predicted molar refractivity (Wildman–Crippen MR) is 89.7 cm³/mol. The molecule has 142 valence electrons. The van der Waals surface area contributed by atoms with E-state index in [0.717, 1.165) is 16.8 Å². The molecule has 0 aliphatic carbocycles. The summed E-state index contributed by atoms with van der Waals surface area (Å²) in [6, 6.07) is 5.13. The lowest BCUT2D eigenvalue weighted by atomic mass is 10.1. The number of halogens is 1. The number of rotatable bonds is 5. The molecule has 3 rings (SSSR count). The van der Waals surface area contributed by atoms with Gasteiger partial charge in [-0.25, -0.2) is 9.18 Å². The van der Waals surface area contributed by atoms with Gasteiger partial charge in [0.1, 0.15) is 11.8 Å². The first-order valence-electron chi connectivity index (χ1n) is 8.00. The molecule has 0 spiro atoms. The molecule has 1 aromatic heterocycles. The van der Waals surface area contributed by atoms with E-state index in [1.807, 2.05) is 0 Å². The molecule has 11 heteroatoms. The van der Waals surface area contributed by atoms with Gasteiger partial charge in [-0.15, -0.1) is 0 Å². The van der Waals surface area contributed by atoms with E-state index in [2.05, 4.69) is 10.3 Å². The molecule has 1 aromatic carbocycles. The first-order chi connectivity index (χ1) is 12.9. The van der Waals surface area contributed by atoms with Gasteiger partial charge >= 0.3 is 5.69 Å². The molecule has 1 fully saturated rings. The molecule has 10 nitrogen and oxygen atoms in total. The Balaban J connectivity index is 1.85. The average molecular weight is 378 g/mol. The number of amides is 1. The lowest BCUT2D eigenvalue weighted by Crippen LogP contribution is -2.30. The largest absolute Gasteiger partial charge is 0.394 e. The number of nitrogens with one attached hydrogen (secondary N) is 1. The molecule has 1 aliphatic rings. The van der Waals surface area contributed by atoms with Crippen LogP contribution in [0.2, 0.25) is 0 Å². The third kappa shape index (κ3) is 3.83. The Labute approximate surface area is 151 Å². The van der Waals surface area contributed by atoms with Gasteiger partial charge in [0.2, 0.25) is 0 Å². The second-order valence-electron chi connectivity index (χ2n) is 5.83. The van der Waals surface area contributed by atoms with Crippen molar-refractivity contribution in [3.05, 3.63) is 62.4 Å². The van der Waals surface area contributed by atoms with Crippen molar-refractivity contribution in [2.45, 2.75) is 25.2 Å². The first-order valence-corrected chi connectivity index (χ1v) is 8.00. The van der Waals surface area contributed by atoms with Crippen molar-refractivity contribution in [2.24, 2.45) is 0 Å². The Morgan fingerprint density at radius 2 is 2.19 bits per heavy atom. The Bertz CT molecular complexity index is 947. The van der Waals surface area contributed by atoms with E-state index >= 15 is 0 Å². The lowest BCUT2D eigenvalue weighted by molar-refractivity contribution is -0.385. The van der Waals surface area contributed by atoms with Crippen LogP contribution >= 0.6 is 0 Å². The van der Waals surface area contributed by atoms with Gasteiger partial charge in [-0.1, -0.05) is 12.1 Å². The van der Waals surface area contributed by atoms with Crippen LogP contribution < -0.4 is 11.0 Å². The fourth-order valence-corrected chi connectivity index (χ4v) is 2.76. The number of benzene rings is 1. The number of aliphatic hydroxyl groups excluding tert-OH is 1. The molecule has 2 N–H and O–H groups in total. The number of ether oxygens (including phenoxy) is 1. The van der Waals surface area contributed by atoms with Crippen molar-refractivity contribution in [1.29, 1.82) is 0 Å². The Morgan fingerprint density at radius 1 is 1.44 bits per heavy atom. The van der Waals surface area contributed by atoms with Crippen LogP contribution in [0.5, 0.6) is 0 Å². The number of nitro groups is 1. The SMILES string of the molecule is O=C(Nc1nc(=O)n([C@H]2CC[C@@H](CO)O2)cc1F)c1ccccc1[N+](=O)[O-]. The van der Waals surface area contributed by atoms with Crippen LogP contribution in [0.1, 0.15) is 29.4 Å². The van der Waals surface area contributed by atoms with Gasteiger partial charge in [-0.2, -0.15) is 4.98 Å². The van der Waals surface area contributed by atoms with E-state index in [1.165, 1.54) is 18.2 Å². The summed E-state index contributed by atoms with van der Waals surface area (Å²) in [5.74, 6) is -2.61. The Kier molecular flexibility index (Phi) is 5.23. The van der Waals surface area contributed by atoms with Gasteiger partial charge < -0.3 is 15.2 Å². The molecule has 27 heavy (non-hydrogen) atoms. The molecule has 1 aliphatic heterocycles. The van der Waals surface area contributed by atoms with Gasteiger partial charge in [0, 0.05) is 6.07 Å². The average Bonchev–Trinajstić information content (AvgIpc) is 3.13. The van der Waals surface area contributed by atoms with Gasteiger partial charge in [0.05, 0.1) is 23.8 Å². The maximum atomic E-state index is 14.3. The highest BCUT2D eigenvalue weighted by molar-refractivity contribution is 6.06. The summed E-state index contributed by atoms with van der Waals surface area (Å²) in [6.45, 7) is -0.217. The van der Waals surface area contributed by atoms with E-state index in [9.17, 15) is 24.1 Å². The van der Waals surface area contributed by atoms with Crippen molar-refractivity contribution in [2.75, 3.05) is 11.9 Å². The zero-order chi connectivity index (χ0) is 19.6. The quantitative estimate of drug-likeness (QED) is 0.589. The number of nitro benzene ring substituents is 1. The second kappa shape index (κ2) is 7.60. The lowest BCUT2D eigenvalue weighted by Gasteiger charge is -2.15. The van der Waals surface area contributed by atoms with Crippen molar-refractivity contribution >= 4 is 17.4 Å². The molecule has 1 amide bonds. The highest BCUT2D eigenvalue weighted by atomic mass is 19.1. The van der Waals surface area contributed by atoms with Crippen LogP contribution in [0.15, 0.2) is 35.3 Å². The number of carbonyl (C=O) groups is 1. The maximum absolute atomic E-state index is 14.3. The van der Waals surface area contributed by atoms with Gasteiger partial charge in [0.25, 0.3) is 11.6 Å². The Morgan fingerprint density at radius 3 is 2.85 bits per heavy atom. The van der Waals surface area contributed by atoms with Crippen molar-refractivity contribution in [3.8, 4) is 0 Å². The van der Waals surface area contributed by atoms with E-state index in [4.69, 9.17) is 9.84 Å². The zero-order valence-corrected chi connectivity index (χ0v) is 13.9. The number of aromatic nitrogens is 2. The molecule has 1 saturated heterocycles. The molecule has 2 aromatic rings. The standard InChI is InChI=1S/C16H15FN4O6/c17-11-7-20(13-6-5-9(8-22)27-13)16(24)19-14(11)18-15(23)10-3-1-2-4-12(10)21(25)26/h1-4,7,9,13,22H,5-6,8H2,(H,18,19,23,24)/t9-,13+/m0/s1. The van der Waals surface area contributed by atoms with Gasteiger partial charge in [-0.3, -0.25) is 19.5 Å². The summed E-state index contributed by atoms with van der Waals surface area (Å²) < 4.78 is 20.7. The monoisotopic (exact) mass is 378 g/mol. The summed E-state index contributed by atoms with van der Waals surface area (Å²) in [5, 5.41) is 22.1. The van der Waals surface area contributed by atoms with E-state index in [1.54, 1.807) is 0 Å².